The molecule has 0 bridgehead atoms. The lowest BCUT2D eigenvalue weighted by atomic mass is 9.79. The smallest absolute Gasteiger partial charge is 0.0771 e. The van der Waals surface area contributed by atoms with Crippen molar-refractivity contribution in [2.45, 2.75) is 83.3 Å². The monoisotopic (exact) mass is 253 g/mol. The van der Waals surface area contributed by atoms with Crippen molar-refractivity contribution in [3.05, 3.63) is 0 Å². The van der Waals surface area contributed by atoms with E-state index in [9.17, 15) is 5.11 Å². The van der Waals surface area contributed by atoms with E-state index in [4.69, 9.17) is 0 Å². The third kappa shape index (κ3) is 3.96. The molecule has 0 aliphatic heterocycles. The predicted octanol–water partition coefficient (Wildman–Crippen LogP) is 3.49. The molecule has 2 aliphatic carbocycles. The molecule has 106 valence electrons. The van der Waals surface area contributed by atoms with Gasteiger partial charge in [-0.25, -0.2) is 0 Å². The molecule has 0 radical (unpaired) electrons. The Morgan fingerprint density at radius 1 is 1.06 bits per heavy atom. The Hall–Kier alpha value is -0.0800. The molecular formula is C16H31NO. The van der Waals surface area contributed by atoms with Gasteiger partial charge in [0.15, 0.2) is 0 Å². The van der Waals surface area contributed by atoms with Crippen LogP contribution in [0.5, 0.6) is 0 Å². The SMILES string of the molecule is CCC1CCC(NCC2(O)CCC(C)CC2)CC1. The molecular weight excluding hydrogens is 222 g/mol. The molecule has 0 amide bonds. The molecule has 0 saturated heterocycles. The minimum absolute atomic E-state index is 0.409. The summed E-state index contributed by atoms with van der Waals surface area (Å²) in [7, 11) is 0. The number of aliphatic hydroxyl groups is 1. The Morgan fingerprint density at radius 3 is 2.22 bits per heavy atom. The zero-order valence-corrected chi connectivity index (χ0v) is 12.3. The zero-order chi connectivity index (χ0) is 13.0. The first-order chi connectivity index (χ1) is 8.61. The Kier molecular flexibility index (Phi) is 5.08. The minimum Gasteiger partial charge on any atom is -0.389 e. The largest absolute Gasteiger partial charge is 0.389 e. The van der Waals surface area contributed by atoms with Gasteiger partial charge in [0.2, 0.25) is 0 Å². The highest BCUT2D eigenvalue weighted by atomic mass is 16.3. The van der Waals surface area contributed by atoms with Crippen LogP contribution in [-0.2, 0) is 0 Å². The van der Waals surface area contributed by atoms with E-state index in [1.807, 2.05) is 0 Å². The van der Waals surface area contributed by atoms with Gasteiger partial charge in [0.05, 0.1) is 5.60 Å². The van der Waals surface area contributed by atoms with Crippen molar-refractivity contribution < 1.29 is 5.11 Å². The van der Waals surface area contributed by atoms with Gasteiger partial charge in [0, 0.05) is 12.6 Å². The van der Waals surface area contributed by atoms with E-state index < -0.39 is 5.60 Å². The van der Waals surface area contributed by atoms with Gasteiger partial charge in [-0.2, -0.15) is 0 Å². The summed E-state index contributed by atoms with van der Waals surface area (Å²) in [5.74, 6) is 1.77. The summed E-state index contributed by atoms with van der Waals surface area (Å²) in [6.45, 7) is 5.44. The fourth-order valence-electron chi connectivity index (χ4n) is 3.59. The molecule has 2 fully saturated rings. The summed E-state index contributed by atoms with van der Waals surface area (Å²) in [6, 6.07) is 0.663. The van der Waals surface area contributed by atoms with Gasteiger partial charge in [-0.15, -0.1) is 0 Å². The molecule has 2 saturated carbocycles. The van der Waals surface area contributed by atoms with Gasteiger partial charge in [-0.05, 0) is 63.2 Å². The van der Waals surface area contributed by atoms with Crippen LogP contribution in [0.3, 0.4) is 0 Å². The molecule has 0 heterocycles. The molecule has 2 rings (SSSR count). The lowest BCUT2D eigenvalue weighted by molar-refractivity contribution is -0.00937. The molecule has 0 aromatic rings. The number of hydrogen-bond donors (Lipinski definition) is 2. The van der Waals surface area contributed by atoms with Crippen LogP contribution < -0.4 is 5.32 Å². The summed E-state index contributed by atoms with van der Waals surface area (Å²) >= 11 is 0. The number of rotatable bonds is 4. The van der Waals surface area contributed by atoms with Gasteiger partial charge in [-0.1, -0.05) is 20.3 Å². The summed E-state index contributed by atoms with van der Waals surface area (Å²) < 4.78 is 0. The van der Waals surface area contributed by atoms with E-state index in [-0.39, 0.29) is 0 Å². The molecule has 18 heavy (non-hydrogen) atoms. The van der Waals surface area contributed by atoms with E-state index in [1.54, 1.807) is 0 Å². The second-order valence-electron chi connectivity index (χ2n) is 6.91. The molecule has 2 heteroatoms. The quantitative estimate of drug-likeness (QED) is 0.804. The number of hydrogen-bond acceptors (Lipinski definition) is 2. The van der Waals surface area contributed by atoms with Gasteiger partial charge in [-0.3, -0.25) is 0 Å². The van der Waals surface area contributed by atoms with Crippen molar-refractivity contribution in [2.75, 3.05) is 6.54 Å². The minimum atomic E-state index is -0.409. The van der Waals surface area contributed by atoms with Crippen LogP contribution in [0.2, 0.25) is 0 Å². The van der Waals surface area contributed by atoms with Crippen molar-refractivity contribution in [1.82, 2.24) is 5.32 Å². The first-order valence-electron chi connectivity index (χ1n) is 8.07. The Morgan fingerprint density at radius 2 is 1.67 bits per heavy atom. The Bertz CT molecular complexity index is 237. The lowest BCUT2D eigenvalue weighted by Crippen LogP contribution is -2.47. The molecule has 2 nitrogen and oxygen atoms in total. The summed E-state index contributed by atoms with van der Waals surface area (Å²) in [4.78, 5) is 0. The van der Waals surface area contributed by atoms with E-state index in [1.165, 1.54) is 44.9 Å². The molecule has 2 N–H and O–H groups in total. The van der Waals surface area contributed by atoms with Crippen LogP contribution in [-0.4, -0.2) is 23.3 Å². The third-order valence-corrected chi connectivity index (χ3v) is 5.35. The molecule has 0 unspecified atom stereocenters. The van der Waals surface area contributed by atoms with Crippen molar-refractivity contribution in [3.8, 4) is 0 Å². The van der Waals surface area contributed by atoms with Crippen molar-refractivity contribution >= 4 is 0 Å². The maximum atomic E-state index is 10.6. The topological polar surface area (TPSA) is 32.3 Å². The highest BCUT2D eigenvalue weighted by Gasteiger charge is 2.32. The number of nitrogens with one attached hydrogen (secondary N) is 1. The predicted molar refractivity (Wildman–Crippen MR) is 76.6 cm³/mol. The van der Waals surface area contributed by atoms with Crippen LogP contribution in [0.4, 0.5) is 0 Å². The summed E-state index contributed by atoms with van der Waals surface area (Å²) in [5, 5.41) is 14.2. The van der Waals surface area contributed by atoms with Crippen molar-refractivity contribution in [3.63, 3.8) is 0 Å². The standard InChI is InChI=1S/C16H31NO/c1-3-14-4-6-15(7-5-14)17-12-16(18)10-8-13(2)9-11-16/h13-15,17-18H,3-12H2,1-2H3. The van der Waals surface area contributed by atoms with E-state index in [0.29, 0.717) is 6.04 Å². The maximum Gasteiger partial charge on any atom is 0.0771 e. The average Bonchev–Trinajstić information content (AvgIpc) is 2.41. The Balaban J connectivity index is 1.68. The molecule has 2 aliphatic rings. The molecule has 0 atom stereocenters. The van der Waals surface area contributed by atoms with Gasteiger partial charge < -0.3 is 10.4 Å². The highest BCUT2D eigenvalue weighted by molar-refractivity contribution is 4.88. The van der Waals surface area contributed by atoms with Crippen molar-refractivity contribution in [2.24, 2.45) is 11.8 Å². The molecule has 0 spiro atoms. The molecule has 0 aromatic carbocycles. The average molecular weight is 253 g/mol. The van der Waals surface area contributed by atoms with Crippen LogP contribution in [0, 0.1) is 11.8 Å². The van der Waals surface area contributed by atoms with Crippen molar-refractivity contribution in [1.29, 1.82) is 0 Å². The maximum absolute atomic E-state index is 10.6. The molecule has 0 aromatic heterocycles. The van der Waals surface area contributed by atoms with E-state index in [2.05, 4.69) is 19.2 Å². The fourth-order valence-corrected chi connectivity index (χ4v) is 3.59. The van der Waals surface area contributed by atoms with Gasteiger partial charge >= 0.3 is 0 Å². The Labute approximate surface area is 113 Å². The van der Waals surface area contributed by atoms with E-state index in [0.717, 1.165) is 31.2 Å². The third-order valence-electron chi connectivity index (χ3n) is 5.35. The van der Waals surface area contributed by atoms with Crippen LogP contribution >= 0.6 is 0 Å². The zero-order valence-electron chi connectivity index (χ0n) is 12.3. The van der Waals surface area contributed by atoms with Gasteiger partial charge in [0.1, 0.15) is 0 Å². The summed E-state index contributed by atoms with van der Waals surface area (Å²) in [6.07, 6.45) is 11.1. The van der Waals surface area contributed by atoms with Crippen LogP contribution in [0.15, 0.2) is 0 Å². The van der Waals surface area contributed by atoms with Gasteiger partial charge in [0.25, 0.3) is 0 Å². The first kappa shape index (κ1) is 14.3. The fraction of sp³-hybridized carbons (Fsp3) is 1.00. The highest BCUT2D eigenvalue weighted by Crippen LogP contribution is 2.32. The second kappa shape index (κ2) is 6.38. The van der Waals surface area contributed by atoms with Crippen LogP contribution in [0.1, 0.15) is 71.6 Å². The van der Waals surface area contributed by atoms with E-state index >= 15 is 0 Å². The lowest BCUT2D eigenvalue weighted by Gasteiger charge is -2.37. The normalized spacial score (nSPS) is 41.8. The van der Waals surface area contributed by atoms with Crippen LogP contribution in [0.25, 0.3) is 0 Å². The first-order valence-corrected chi connectivity index (χ1v) is 8.07. The summed E-state index contributed by atoms with van der Waals surface area (Å²) in [5.41, 5.74) is -0.409. The second-order valence-corrected chi connectivity index (χ2v) is 6.91.